The van der Waals surface area contributed by atoms with Crippen LogP contribution in [0.1, 0.15) is 23.3 Å². The molecule has 0 fully saturated rings. The minimum Gasteiger partial charge on any atom is -0.474 e. The fourth-order valence-corrected chi connectivity index (χ4v) is 3.49. The summed E-state index contributed by atoms with van der Waals surface area (Å²) in [5.74, 6) is -2.24. The number of nitrogens with one attached hydrogen (secondary N) is 1. The van der Waals surface area contributed by atoms with E-state index >= 15 is 0 Å². The topological polar surface area (TPSA) is 96.6 Å². The Hall–Kier alpha value is -3.38. The zero-order valence-electron chi connectivity index (χ0n) is 14.5. The number of allylic oxidation sites excluding steroid dienone is 1. The van der Waals surface area contributed by atoms with Gasteiger partial charge in [-0.1, -0.05) is 23.7 Å². The molecule has 0 atom stereocenters. The van der Waals surface area contributed by atoms with Gasteiger partial charge in [-0.25, -0.2) is 4.79 Å². The van der Waals surface area contributed by atoms with E-state index in [0.717, 1.165) is 11.1 Å². The van der Waals surface area contributed by atoms with Crippen molar-refractivity contribution in [2.45, 2.75) is 12.8 Å². The van der Waals surface area contributed by atoms with E-state index in [1.54, 1.807) is 6.07 Å². The Morgan fingerprint density at radius 2 is 1.96 bits per heavy atom. The van der Waals surface area contributed by atoms with Gasteiger partial charge >= 0.3 is 11.9 Å². The van der Waals surface area contributed by atoms with E-state index in [9.17, 15) is 14.4 Å². The number of carboxylic acid groups (broad SMARTS) is 1. The highest BCUT2D eigenvalue weighted by atomic mass is 35.5. The van der Waals surface area contributed by atoms with Crippen molar-refractivity contribution in [3.8, 4) is 0 Å². The highest BCUT2D eigenvalue weighted by molar-refractivity contribution is 6.36. The molecule has 6 nitrogen and oxygen atoms in total. The van der Waals surface area contributed by atoms with Crippen LogP contribution >= 0.6 is 11.6 Å². The highest BCUT2D eigenvalue weighted by Crippen LogP contribution is 2.34. The number of carbonyl (C=O) groups is 2. The quantitative estimate of drug-likeness (QED) is 0.640. The van der Waals surface area contributed by atoms with Gasteiger partial charge in [0.05, 0.1) is 5.39 Å². The van der Waals surface area contributed by atoms with E-state index in [4.69, 9.17) is 21.1 Å². The average molecular weight is 396 g/mol. The molecule has 28 heavy (non-hydrogen) atoms. The first-order valence-electron chi connectivity index (χ1n) is 8.53. The highest BCUT2D eigenvalue weighted by Gasteiger charge is 2.24. The molecule has 1 aromatic heterocycles. The number of amides is 1. The third kappa shape index (κ3) is 3.30. The monoisotopic (exact) mass is 395 g/mol. The van der Waals surface area contributed by atoms with Crippen LogP contribution in [0.4, 0.5) is 5.69 Å². The van der Waals surface area contributed by atoms with E-state index in [-0.39, 0.29) is 16.7 Å². The Bertz CT molecular complexity index is 1230. The minimum atomic E-state index is -1.60. The van der Waals surface area contributed by atoms with Crippen molar-refractivity contribution >= 4 is 51.8 Å². The summed E-state index contributed by atoms with van der Waals surface area (Å²) in [7, 11) is 0. The van der Waals surface area contributed by atoms with Gasteiger partial charge in [0.1, 0.15) is 11.3 Å². The molecule has 4 rings (SSSR count). The molecular formula is C21H14ClNO5. The summed E-state index contributed by atoms with van der Waals surface area (Å²) in [4.78, 5) is 34.9. The molecule has 2 aromatic carbocycles. The maximum atomic E-state index is 12.8. The molecule has 1 heterocycles. The summed E-state index contributed by atoms with van der Waals surface area (Å²) in [5, 5.41) is 12.0. The Kier molecular flexibility index (Phi) is 4.49. The second-order valence-corrected chi connectivity index (χ2v) is 6.87. The molecule has 1 aliphatic rings. The summed E-state index contributed by atoms with van der Waals surface area (Å²) < 4.78 is 5.98. The van der Waals surface area contributed by atoms with E-state index < -0.39 is 11.9 Å². The van der Waals surface area contributed by atoms with E-state index in [1.165, 1.54) is 18.2 Å². The molecule has 3 aromatic rings. The molecular weight excluding hydrogens is 382 g/mol. The standard InChI is InChI=1S/C21H14ClNO5/c22-13-3-1-2-11(9-13)8-12-4-6-16-18(24)15-7-5-14(23-20(25)21(26)27)10-17(15)28-19(12)16/h1-3,5,7-10H,4,6H2,(H,23,25)(H,26,27). The summed E-state index contributed by atoms with van der Waals surface area (Å²) >= 11 is 6.04. The van der Waals surface area contributed by atoms with Crippen LogP contribution in [-0.4, -0.2) is 17.0 Å². The van der Waals surface area contributed by atoms with Crippen molar-refractivity contribution in [1.82, 2.24) is 0 Å². The van der Waals surface area contributed by atoms with Gasteiger partial charge in [0, 0.05) is 22.3 Å². The van der Waals surface area contributed by atoms with E-state index in [0.29, 0.717) is 34.6 Å². The fourth-order valence-electron chi connectivity index (χ4n) is 3.29. The molecule has 0 radical (unpaired) electrons. The van der Waals surface area contributed by atoms with Crippen LogP contribution in [0.5, 0.6) is 0 Å². The third-order valence-corrected chi connectivity index (χ3v) is 4.80. The summed E-state index contributed by atoms with van der Waals surface area (Å²) in [6, 6.07) is 11.8. The molecule has 1 amide bonds. The zero-order valence-corrected chi connectivity index (χ0v) is 15.2. The molecule has 0 spiro atoms. The van der Waals surface area contributed by atoms with Crippen molar-refractivity contribution < 1.29 is 19.1 Å². The summed E-state index contributed by atoms with van der Waals surface area (Å²) in [6.07, 6.45) is 3.18. The molecule has 2 N–H and O–H groups in total. The van der Waals surface area contributed by atoms with Gasteiger partial charge in [0.15, 0.2) is 5.43 Å². The van der Waals surface area contributed by atoms with Crippen molar-refractivity contribution in [2.75, 3.05) is 5.32 Å². The lowest BCUT2D eigenvalue weighted by Gasteiger charge is -2.07. The molecule has 140 valence electrons. The van der Waals surface area contributed by atoms with E-state index in [1.807, 2.05) is 24.3 Å². The van der Waals surface area contributed by atoms with Crippen LogP contribution in [0.15, 0.2) is 51.7 Å². The summed E-state index contributed by atoms with van der Waals surface area (Å²) in [5.41, 5.74) is 2.80. The van der Waals surface area contributed by atoms with Gasteiger partial charge in [0.2, 0.25) is 0 Å². The SMILES string of the molecule is O=C(O)C(=O)Nc1ccc2c(=O)c3c(oc2c1)C(=Cc1cccc(Cl)c1)CC3. The van der Waals surface area contributed by atoms with Gasteiger partial charge in [-0.3, -0.25) is 9.59 Å². The Morgan fingerprint density at radius 1 is 1.14 bits per heavy atom. The van der Waals surface area contributed by atoms with Crippen molar-refractivity contribution in [2.24, 2.45) is 0 Å². The first kappa shape index (κ1) is 18.0. The largest absolute Gasteiger partial charge is 0.474 e. The molecule has 7 heteroatoms. The van der Waals surface area contributed by atoms with Crippen molar-refractivity contribution in [3.05, 3.63) is 74.6 Å². The number of fused-ring (bicyclic) bond motifs is 2. The van der Waals surface area contributed by atoms with Crippen LogP contribution < -0.4 is 10.7 Å². The third-order valence-electron chi connectivity index (χ3n) is 4.56. The number of anilines is 1. The predicted molar refractivity (Wildman–Crippen MR) is 106 cm³/mol. The van der Waals surface area contributed by atoms with Gasteiger partial charge in [-0.15, -0.1) is 0 Å². The Balaban J connectivity index is 1.80. The number of aliphatic carboxylic acids is 1. The minimum absolute atomic E-state index is 0.123. The number of carboxylic acids is 1. The molecule has 1 aliphatic carbocycles. The van der Waals surface area contributed by atoms with Gasteiger partial charge in [0.25, 0.3) is 0 Å². The lowest BCUT2D eigenvalue weighted by atomic mass is 10.1. The normalized spacial score (nSPS) is 14.2. The van der Waals surface area contributed by atoms with Crippen LogP contribution in [0.3, 0.4) is 0 Å². The lowest BCUT2D eigenvalue weighted by Crippen LogP contribution is -2.21. The number of hydrogen-bond acceptors (Lipinski definition) is 4. The Labute approximate surface area is 164 Å². The van der Waals surface area contributed by atoms with Gasteiger partial charge in [-0.05, 0) is 54.3 Å². The number of halogens is 1. The second kappa shape index (κ2) is 6.98. The van der Waals surface area contributed by atoms with E-state index in [2.05, 4.69) is 5.32 Å². The molecule has 0 saturated heterocycles. The van der Waals surface area contributed by atoms with Gasteiger partial charge in [-0.2, -0.15) is 0 Å². The summed E-state index contributed by atoms with van der Waals surface area (Å²) in [6.45, 7) is 0. The maximum Gasteiger partial charge on any atom is 0.394 e. The number of carbonyl (C=O) groups excluding carboxylic acids is 1. The van der Waals surface area contributed by atoms with Crippen LogP contribution in [0.2, 0.25) is 5.02 Å². The van der Waals surface area contributed by atoms with Gasteiger partial charge < -0.3 is 14.8 Å². The molecule has 0 unspecified atom stereocenters. The first-order valence-corrected chi connectivity index (χ1v) is 8.91. The van der Waals surface area contributed by atoms with Crippen molar-refractivity contribution in [1.29, 1.82) is 0 Å². The van der Waals surface area contributed by atoms with Crippen LogP contribution in [-0.2, 0) is 16.0 Å². The molecule has 0 aliphatic heterocycles. The Morgan fingerprint density at radius 3 is 2.71 bits per heavy atom. The average Bonchev–Trinajstić information content (AvgIpc) is 3.04. The maximum absolute atomic E-state index is 12.8. The first-order chi connectivity index (χ1) is 13.4. The second-order valence-electron chi connectivity index (χ2n) is 6.43. The number of hydrogen-bond donors (Lipinski definition) is 2. The van der Waals surface area contributed by atoms with Crippen LogP contribution in [0.25, 0.3) is 22.6 Å². The smallest absolute Gasteiger partial charge is 0.394 e. The zero-order chi connectivity index (χ0) is 19.8. The lowest BCUT2D eigenvalue weighted by molar-refractivity contribution is -0.147. The fraction of sp³-hybridized carbons (Fsp3) is 0.0952. The van der Waals surface area contributed by atoms with Crippen LogP contribution in [0, 0.1) is 0 Å². The molecule has 0 saturated carbocycles. The number of benzene rings is 2. The molecule has 0 bridgehead atoms. The van der Waals surface area contributed by atoms with Crippen molar-refractivity contribution in [3.63, 3.8) is 0 Å². The number of rotatable bonds is 2. The predicted octanol–water partition coefficient (Wildman–Crippen LogP) is 3.96.